The summed E-state index contributed by atoms with van der Waals surface area (Å²) < 4.78 is 17.7. The molecule has 4 heteroatoms. The topological polar surface area (TPSA) is 38.3 Å². The van der Waals surface area contributed by atoms with Crippen molar-refractivity contribution in [3.8, 4) is 0 Å². The van der Waals surface area contributed by atoms with E-state index in [-0.39, 0.29) is 30.3 Å². The maximum Gasteiger partial charge on any atom is 0.225 e. The normalized spacial score (nSPS) is 22.9. The first-order valence-electron chi connectivity index (χ1n) is 5.24. The predicted octanol–water partition coefficient (Wildman–Crippen LogP) is 1.65. The fourth-order valence-corrected chi connectivity index (χ4v) is 1.86. The SMILES string of the molecule is COCNC(=O)C1CC1c1cccc(F)c1. The van der Waals surface area contributed by atoms with Crippen molar-refractivity contribution >= 4 is 5.91 Å². The average molecular weight is 223 g/mol. The van der Waals surface area contributed by atoms with E-state index >= 15 is 0 Å². The number of ether oxygens (including phenoxy) is 1. The Bertz CT molecular complexity index is 394. The van der Waals surface area contributed by atoms with Crippen molar-refractivity contribution in [2.75, 3.05) is 13.8 Å². The average Bonchev–Trinajstić information content (AvgIpc) is 3.06. The van der Waals surface area contributed by atoms with Crippen molar-refractivity contribution in [1.82, 2.24) is 5.32 Å². The Balaban J connectivity index is 1.93. The lowest BCUT2D eigenvalue weighted by molar-refractivity contribution is -0.123. The summed E-state index contributed by atoms with van der Waals surface area (Å²) in [6.07, 6.45) is 0.791. The third-order valence-corrected chi connectivity index (χ3v) is 2.79. The molecule has 2 rings (SSSR count). The van der Waals surface area contributed by atoms with Crippen molar-refractivity contribution in [2.45, 2.75) is 12.3 Å². The summed E-state index contributed by atoms with van der Waals surface area (Å²) >= 11 is 0. The van der Waals surface area contributed by atoms with Crippen LogP contribution < -0.4 is 5.32 Å². The molecule has 3 nitrogen and oxygen atoms in total. The van der Waals surface area contributed by atoms with Crippen LogP contribution in [0.1, 0.15) is 17.9 Å². The van der Waals surface area contributed by atoms with Gasteiger partial charge in [0.15, 0.2) is 0 Å². The van der Waals surface area contributed by atoms with Gasteiger partial charge >= 0.3 is 0 Å². The highest BCUT2D eigenvalue weighted by Crippen LogP contribution is 2.47. The van der Waals surface area contributed by atoms with Crippen molar-refractivity contribution in [3.63, 3.8) is 0 Å². The molecule has 1 aliphatic carbocycles. The predicted molar refractivity (Wildman–Crippen MR) is 57.3 cm³/mol. The molecule has 1 aromatic carbocycles. The van der Waals surface area contributed by atoms with Crippen LogP contribution in [0.25, 0.3) is 0 Å². The molecule has 1 saturated carbocycles. The number of methoxy groups -OCH3 is 1. The highest BCUT2D eigenvalue weighted by atomic mass is 19.1. The standard InChI is InChI=1S/C12H14FNO2/c1-16-7-14-12(15)11-6-10(11)8-3-2-4-9(13)5-8/h2-5,10-11H,6-7H2,1H3,(H,14,15). The minimum Gasteiger partial charge on any atom is -0.364 e. The highest BCUT2D eigenvalue weighted by Gasteiger charge is 2.43. The zero-order valence-corrected chi connectivity index (χ0v) is 9.07. The molecule has 0 heterocycles. The Morgan fingerprint density at radius 3 is 3.12 bits per heavy atom. The lowest BCUT2D eigenvalue weighted by Crippen LogP contribution is -2.27. The van der Waals surface area contributed by atoms with Crippen LogP contribution in [0.5, 0.6) is 0 Å². The number of rotatable bonds is 4. The molecule has 1 aliphatic rings. The van der Waals surface area contributed by atoms with E-state index in [1.54, 1.807) is 6.07 Å². The van der Waals surface area contributed by atoms with Gasteiger partial charge in [0, 0.05) is 13.0 Å². The number of halogens is 1. The monoisotopic (exact) mass is 223 g/mol. The number of amides is 1. The second-order valence-corrected chi connectivity index (χ2v) is 3.98. The molecule has 2 unspecified atom stereocenters. The largest absolute Gasteiger partial charge is 0.364 e. The van der Waals surface area contributed by atoms with Gasteiger partial charge in [-0.2, -0.15) is 0 Å². The summed E-state index contributed by atoms with van der Waals surface area (Å²) in [4.78, 5) is 11.5. The van der Waals surface area contributed by atoms with E-state index in [9.17, 15) is 9.18 Å². The minimum atomic E-state index is -0.250. The maximum absolute atomic E-state index is 13.0. The summed E-state index contributed by atoms with van der Waals surface area (Å²) in [6, 6.07) is 6.44. The molecule has 86 valence electrons. The van der Waals surface area contributed by atoms with Gasteiger partial charge in [0.25, 0.3) is 0 Å². The van der Waals surface area contributed by atoms with E-state index in [0.29, 0.717) is 0 Å². The molecule has 1 amide bonds. The highest BCUT2D eigenvalue weighted by molar-refractivity contribution is 5.82. The molecule has 0 aromatic heterocycles. The Kier molecular flexibility index (Phi) is 3.19. The van der Waals surface area contributed by atoms with Crippen LogP contribution >= 0.6 is 0 Å². The molecule has 1 fully saturated rings. The Morgan fingerprint density at radius 1 is 1.62 bits per heavy atom. The second kappa shape index (κ2) is 4.61. The van der Waals surface area contributed by atoms with E-state index in [1.165, 1.54) is 19.2 Å². The van der Waals surface area contributed by atoms with Crippen LogP contribution in [0.15, 0.2) is 24.3 Å². The number of nitrogens with one attached hydrogen (secondary N) is 1. The first-order valence-corrected chi connectivity index (χ1v) is 5.24. The van der Waals surface area contributed by atoms with Crippen molar-refractivity contribution in [1.29, 1.82) is 0 Å². The molecule has 0 radical (unpaired) electrons. The van der Waals surface area contributed by atoms with Gasteiger partial charge in [0.1, 0.15) is 12.5 Å². The maximum atomic E-state index is 13.0. The molecular formula is C12H14FNO2. The van der Waals surface area contributed by atoms with Gasteiger partial charge in [-0.05, 0) is 30.0 Å². The molecule has 0 bridgehead atoms. The summed E-state index contributed by atoms with van der Waals surface area (Å²) in [5, 5.41) is 2.65. The summed E-state index contributed by atoms with van der Waals surface area (Å²) in [5.74, 6) is -0.138. The van der Waals surface area contributed by atoms with Crippen LogP contribution in [0.2, 0.25) is 0 Å². The van der Waals surface area contributed by atoms with E-state index in [0.717, 1.165) is 12.0 Å². The fourth-order valence-electron chi connectivity index (χ4n) is 1.86. The molecule has 1 aromatic rings. The zero-order valence-electron chi connectivity index (χ0n) is 9.07. The third kappa shape index (κ3) is 2.39. The number of benzene rings is 1. The number of carbonyl (C=O) groups excluding carboxylic acids is 1. The van der Waals surface area contributed by atoms with E-state index in [1.807, 2.05) is 6.07 Å². The molecule has 16 heavy (non-hydrogen) atoms. The minimum absolute atomic E-state index is 0.0175. The van der Waals surface area contributed by atoms with E-state index < -0.39 is 0 Å². The van der Waals surface area contributed by atoms with Crippen LogP contribution in [0.4, 0.5) is 4.39 Å². The molecule has 2 atom stereocenters. The van der Waals surface area contributed by atoms with Gasteiger partial charge in [0.05, 0.1) is 0 Å². The first-order chi connectivity index (χ1) is 7.72. The first kappa shape index (κ1) is 11.1. The molecule has 0 saturated heterocycles. The van der Waals surface area contributed by atoms with Crippen LogP contribution in [0.3, 0.4) is 0 Å². The van der Waals surface area contributed by atoms with Crippen molar-refractivity contribution < 1.29 is 13.9 Å². The fraction of sp³-hybridized carbons (Fsp3) is 0.417. The van der Waals surface area contributed by atoms with E-state index in [2.05, 4.69) is 5.32 Å². The summed E-state index contributed by atoms with van der Waals surface area (Å²) in [7, 11) is 1.53. The van der Waals surface area contributed by atoms with Gasteiger partial charge in [-0.3, -0.25) is 4.79 Å². The Morgan fingerprint density at radius 2 is 2.44 bits per heavy atom. The number of carbonyl (C=O) groups is 1. The molecule has 0 aliphatic heterocycles. The summed E-state index contributed by atoms with van der Waals surface area (Å²) in [6.45, 7) is 0.227. The number of hydrogen-bond acceptors (Lipinski definition) is 2. The van der Waals surface area contributed by atoms with E-state index in [4.69, 9.17) is 4.74 Å². The van der Waals surface area contributed by atoms with Crippen LogP contribution in [-0.4, -0.2) is 19.7 Å². The van der Waals surface area contributed by atoms with Gasteiger partial charge in [-0.25, -0.2) is 4.39 Å². The van der Waals surface area contributed by atoms with Crippen LogP contribution in [0, 0.1) is 11.7 Å². The second-order valence-electron chi connectivity index (χ2n) is 3.98. The van der Waals surface area contributed by atoms with Crippen molar-refractivity contribution in [3.05, 3.63) is 35.6 Å². The van der Waals surface area contributed by atoms with Gasteiger partial charge in [-0.1, -0.05) is 12.1 Å². The lowest BCUT2D eigenvalue weighted by Gasteiger charge is -2.03. The van der Waals surface area contributed by atoms with Crippen molar-refractivity contribution in [2.24, 2.45) is 5.92 Å². The van der Waals surface area contributed by atoms with Gasteiger partial charge < -0.3 is 10.1 Å². The third-order valence-electron chi connectivity index (χ3n) is 2.79. The van der Waals surface area contributed by atoms with Gasteiger partial charge in [0.2, 0.25) is 5.91 Å². The molecule has 1 N–H and O–H groups in total. The zero-order chi connectivity index (χ0) is 11.5. The molecular weight excluding hydrogens is 209 g/mol. The quantitative estimate of drug-likeness (QED) is 0.788. The van der Waals surface area contributed by atoms with Crippen LogP contribution in [-0.2, 0) is 9.53 Å². The smallest absolute Gasteiger partial charge is 0.225 e. The summed E-state index contributed by atoms with van der Waals surface area (Å²) in [5.41, 5.74) is 0.901. The number of hydrogen-bond donors (Lipinski definition) is 1. The van der Waals surface area contributed by atoms with Gasteiger partial charge in [-0.15, -0.1) is 0 Å². The molecule has 0 spiro atoms. The lowest BCUT2D eigenvalue weighted by atomic mass is 10.1. The Labute approximate surface area is 93.6 Å². The Hall–Kier alpha value is -1.42.